The number of ether oxygens (including phenoxy) is 1. The van der Waals surface area contributed by atoms with E-state index >= 15 is 0 Å². The molecule has 1 heterocycles. The Hall–Kier alpha value is -1.64. The van der Waals surface area contributed by atoms with Crippen LogP contribution in [-0.4, -0.2) is 16.6 Å². The van der Waals surface area contributed by atoms with E-state index in [1.165, 1.54) is 0 Å². The Kier molecular flexibility index (Phi) is 2.54. The fourth-order valence-electron chi connectivity index (χ4n) is 1.63. The Balaban J connectivity index is 2.14. The number of rotatable bonds is 1. The molecule has 0 saturated heterocycles. The largest absolute Gasteiger partial charge is 0.457 e. The van der Waals surface area contributed by atoms with Gasteiger partial charge in [0.1, 0.15) is 5.60 Å². The van der Waals surface area contributed by atoms with E-state index in [-0.39, 0.29) is 5.97 Å². The van der Waals surface area contributed by atoms with Gasteiger partial charge in [-0.1, -0.05) is 6.07 Å². The molecule has 0 aliphatic heterocycles. The maximum Gasteiger partial charge on any atom is 0.334 e. The third-order valence-corrected chi connectivity index (χ3v) is 2.28. The van der Waals surface area contributed by atoms with Crippen LogP contribution in [-0.2, 0) is 16.0 Å². The Morgan fingerprint density at radius 3 is 2.81 bits per heavy atom. The number of esters is 1. The lowest BCUT2D eigenvalue weighted by atomic mass is 10.1. The summed E-state index contributed by atoms with van der Waals surface area (Å²) in [7, 11) is 0. The van der Waals surface area contributed by atoms with Crippen LogP contribution in [0.2, 0.25) is 0 Å². The van der Waals surface area contributed by atoms with Gasteiger partial charge in [0.2, 0.25) is 0 Å². The van der Waals surface area contributed by atoms with Crippen molar-refractivity contribution in [3.8, 4) is 0 Å². The van der Waals surface area contributed by atoms with E-state index in [1.807, 2.05) is 39.0 Å². The summed E-state index contributed by atoms with van der Waals surface area (Å²) in [4.78, 5) is 16.0. The lowest BCUT2D eigenvalue weighted by Crippen LogP contribution is -2.24. The molecule has 1 aliphatic carbocycles. The van der Waals surface area contributed by atoms with Crippen molar-refractivity contribution in [2.75, 3.05) is 0 Å². The number of nitrogens with zero attached hydrogens (tertiary/aromatic N) is 1. The summed E-state index contributed by atoms with van der Waals surface area (Å²) in [6, 6.07) is 3.86. The number of pyridine rings is 1. The minimum atomic E-state index is -0.444. The molecule has 0 N–H and O–H groups in total. The van der Waals surface area contributed by atoms with Crippen molar-refractivity contribution >= 4 is 12.0 Å². The molecule has 1 aromatic heterocycles. The summed E-state index contributed by atoms with van der Waals surface area (Å²) in [5, 5.41) is 0. The van der Waals surface area contributed by atoms with Crippen LogP contribution in [0.25, 0.3) is 6.08 Å². The van der Waals surface area contributed by atoms with Crippen LogP contribution in [0.3, 0.4) is 0 Å². The van der Waals surface area contributed by atoms with Crippen molar-refractivity contribution in [1.29, 1.82) is 0 Å². The van der Waals surface area contributed by atoms with Gasteiger partial charge in [0.05, 0.1) is 5.69 Å². The molecule has 0 saturated carbocycles. The van der Waals surface area contributed by atoms with E-state index in [2.05, 4.69) is 4.98 Å². The molecule has 16 heavy (non-hydrogen) atoms. The number of aromatic nitrogens is 1. The first kappa shape index (κ1) is 10.9. The maximum atomic E-state index is 11.8. The van der Waals surface area contributed by atoms with Crippen LogP contribution < -0.4 is 0 Å². The Morgan fingerprint density at radius 1 is 1.44 bits per heavy atom. The van der Waals surface area contributed by atoms with Gasteiger partial charge in [-0.05, 0) is 38.5 Å². The lowest BCUT2D eigenvalue weighted by molar-refractivity contribution is -0.149. The van der Waals surface area contributed by atoms with Crippen LogP contribution >= 0.6 is 0 Å². The molecule has 2 rings (SSSR count). The highest BCUT2D eigenvalue weighted by atomic mass is 16.6. The predicted octanol–water partition coefficient (Wildman–Crippen LogP) is 2.36. The van der Waals surface area contributed by atoms with Crippen LogP contribution in [0.1, 0.15) is 32.0 Å². The quantitative estimate of drug-likeness (QED) is 0.678. The van der Waals surface area contributed by atoms with Crippen LogP contribution in [0.5, 0.6) is 0 Å². The van der Waals surface area contributed by atoms with E-state index in [0.717, 1.165) is 11.3 Å². The number of carbonyl (C=O) groups excluding carboxylic acids is 1. The summed E-state index contributed by atoms with van der Waals surface area (Å²) < 4.78 is 5.32. The lowest BCUT2D eigenvalue weighted by Gasteiger charge is -2.19. The number of fused-ring (bicyclic) bond motifs is 1. The van der Waals surface area contributed by atoms with Gasteiger partial charge in [0.25, 0.3) is 0 Å². The number of carbonyl (C=O) groups is 1. The average Bonchev–Trinajstić information content (AvgIpc) is 2.58. The smallest absolute Gasteiger partial charge is 0.334 e. The van der Waals surface area contributed by atoms with Crippen molar-refractivity contribution < 1.29 is 9.53 Å². The highest BCUT2D eigenvalue weighted by Crippen LogP contribution is 2.24. The topological polar surface area (TPSA) is 39.2 Å². The second-order valence-electron chi connectivity index (χ2n) is 4.90. The van der Waals surface area contributed by atoms with Gasteiger partial charge in [-0.3, -0.25) is 4.98 Å². The third kappa shape index (κ3) is 2.30. The monoisotopic (exact) mass is 217 g/mol. The molecular formula is C13H15NO2. The highest BCUT2D eigenvalue weighted by molar-refractivity contribution is 5.96. The Morgan fingerprint density at radius 2 is 2.19 bits per heavy atom. The molecule has 1 aromatic rings. The first-order valence-electron chi connectivity index (χ1n) is 5.33. The molecule has 0 amide bonds. The highest BCUT2D eigenvalue weighted by Gasteiger charge is 2.24. The van der Waals surface area contributed by atoms with Crippen LogP contribution in [0, 0.1) is 0 Å². The van der Waals surface area contributed by atoms with Crippen molar-refractivity contribution in [3.05, 3.63) is 35.2 Å². The maximum absolute atomic E-state index is 11.8. The summed E-state index contributed by atoms with van der Waals surface area (Å²) in [5.74, 6) is -0.245. The van der Waals surface area contributed by atoms with Gasteiger partial charge in [0.15, 0.2) is 0 Å². The van der Waals surface area contributed by atoms with Gasteiger partial charge in [0, 0.05) is 18.2 Å². The fraction of sp³-hybridized carbons (Fsp3) is 0.385. The zero-order chi connectivity index (χ0) is 11.8. The molecule has 1 aliphatic rings. The number of hydrogen-bond donors (Lipinski definition) is 0. The Bertz CT molecular complexity index is 455. The second kappa shape index (κ2) is 3.74. The molecular weight excluding hydrogens is 202 g/mol. The number of hydrogen-bond acceptors (Lipinski definition) is 3. The van der Waals surface area contributed by atoms with Crippen molar-refractivity contribution in [1.82, 2.24) is 4.98 Å². The zero-order valence-corrected chi connectivity index (χ0v) is 9.78. The molecule has 0 fully saturated rings. The van der Waals surface area contributed by atoms with E-state index in [0.29, 0.717) is 12.0 Å². The summed E-state index contributed by atoms with van der Waals surface area (Å²) in [5.41, 5.74) is 2.20. The van der Waals surface area contributed by atoms with Crippen molar-refractivity contribution in [3.63, 3.8) is 0 Å². The summed E-state index contributed by atoms with van der Waals surface area (Å²) >= 11 is 0. The fourth-order valence-corrected chi connectivity index (χ4v) is 1.63. The molecule has 0 aromatic carbocycles. The van der Waals surface area contributed by atoms with E-state index in [4.69, 9.17) is 4.74 Å². The van der Waals surface area contributed by atoms with Crippen molar-refractivity contribution in [2.24, 2.45) is 0 Å². The van der Waals surface area contributed by atoms with Crippen molar-refractivity contribution in [2.45, 2.75) is 32.8 Å². The molecule has 0 unspecified atom stereocenters. The molecule has 0 radical (unpaired) electrons. The molecule has 0 bridgehead atoms. The van der Waals surface area contributed by atoms with Gasteiger partial charge in [-0.2, -0.15) is 0 Å². The normalized spacial score (nSPS) is 14.3. The van der Waals surface area contributed by atoms with Gasteiger partial charge < -0.3 is 4.74 Å². The standard InChI is InChI=1S/C13H15NO2/c1-13(2,3)16-12(15)10-7-9-5-4-6-14-11(9)8-10/h4-6,8H,7H2,1-3H3. The predicted molar refractivity (Wildman–Crippen MR) is 61.8 cm³/mol. The van der Waals surface area contributed by atoms with Gasteiger partial charge in [-0.15, -0.1) is 0 Å². The second-order valence-corrected chi connectivity index (χ2v) is 4.90. The summed E-state index contributed by atoms with van der Waals surface area (Å²) in [6.45, 7) is 5.60. The molecule has 84 valence electrons. The zero-order valence-electron chi connectivity index (χ0n) is 9.78. The van der Waals surface area contributed by atoms with E-state index in [1.54, 1.807) is 6.20 Å². The molecule has 0 atom stereocenters. The van der Waals surface area contributed by atoms with E-state index < -0.39 is 5.60 Å². The first-order valence-corrected chi connectivity index (χ1v) is 5.33. The molecule has 3 heteroatoms. The third-order valence-electron chi connectivity index (χ3n) is 2.28. The SMILES string of the molecule is CC(C)(C)OC(=O)C1=Cc2ncccc2C1. The average molecular weight is 217 g/mol. The van der Waals surface area contributed by atoms with E-state index in [9.17, 15) is 4.79 Å². The minimum absolute atomic E-state index is 0.245. The summed E-state index contributed by atoms with van der Waals surface area (Å²) in [6.07, 6.45) is 4.16. The Labute approximate surface area is 95.2 Å². The van der Waals surface area contributed by atoms with Gasteiger partial charge >= 0.3 is 5.97 Å². The van der Waals surface area contributed by atoms with Crippen LogP contribution in [0.15, 0.2) is 23.9 Å². The molecule has 3 nitrogen and oxygen atoms in total. The molecule has 0 spiro atoms. The minimum Gasteiger partial charge on any atom is -0.457 e. The van der Waals surface area contributed by atoms with Gasteiger partial charge in [-0.25, -0.2) is 4.79 Å². The first-order chi connectivity index (χ1) is 7.46. The van der Waals surface area contributed by atoms with Crippen LogP contribution in [0.4, 0.5) is 0 Å².